The number of alkyl halides is 3. The first kappa shape index (κ1) is 22.0. The van der Waals surface area contributed by atoms with E-state index in [1.165, 1.54) is 32.6 Å². The first-order chi connectivity index (χ1) is 13.8. The van der Waals surface area contributed by atoms with E-state index < -0.39 is 17.7 Å². The summed E-state index contributed by atoms with van der Waals surface area (Å²) in [5, 5.41) is 3.91. The Morgan fingerprint density at radius 2 is 1.83 bits per heavy atom. The molecule has 0 aliphatic rings. The third kappa shape index (κ3) is 5.84. The molecule has 2 aromatic carbocycles. The summed E-state index contributed by atoms with van der Waals surface area (Å²) in [6.45, 7) is 1.54. The molecule has 0 spiro atoms. The second-order valence-electron chi connectivity index (χ2n) is 5.94. The Morgan fingerprint density at radius 1 is 1.10 bits per heavy atom. The van der Waals surface area contributed by atoms with E-state index in [0.29, 0.717) is 16.7 Å². The van der Waals surface area contributed by atoms with Crippen LogP contribution in [0.5, 0.6) is 0 Å². The van der Waals surface area contributed by atoms with Crippen LogP contribution in [0.15, 0.2) is 59.9 Å². The molecule has 2 aromatic rings. The fraction of sp³-hybridized carbons (Fsp3) is 0.238. The van der Waals surface area contributed by atoms with Crippen molar-refractivity contribution >= 4 is 17.3 Å². The first-order valence-electron chi connectivity index (χ1n) is 8.51. The zero-order valence-electron chi connectivity index (χ0n) is 16.1. The van der Waals surface area contributed by atoms with Gasteiger partial charge in [0.2, 0.25) is 0 Å². The molecule has 0 aliphatic carbocycles. The minimum atomic E-state index is -4.44. The molecule has 0 fully saturated rings. The van der Waals surface area contributed by atoms with Crippen molar-refractivity contribution in [2.24, 2.45) is 5.16 Å². The molecule has 5 nitrogen and oxygen atoms in total. The van der Waals surface area contributed by atoms with Crippen molar-refractivity contribution in [2.75, 3.05) is 14.2 Å². The van der Waals surface area contributed by atoms with Gasteiger partial charge in [0, 0.05) is 5.56 Å². The predicted molar refractivity (Wildman–Crippen MR) is 102 cm³/mol. The van der Waals surface area contributed by atoms with Crippen LogP contribution in [-0.4, -0.2) is 25.9 Å². The molecule has 0 bridgehead atoms. The summed E-state index contributed by atoms with van der Waals surface area (Å²) in [6.07, 6.45) is -3.17. The van der Waals surface area contributed by atoms with E-state index in [0.717, 1.165) is 12.1 Å². The van der Waals surface area contributed by atoms with Crippen LogP contribution < -0.4 is 0 Å². The number of halogens is 3. The zero-order valence-corrected chi connectivity index (χ0v) is 16.1. The number of methoxy groups -OCH3 is 2. The molecule has 29 heavy (non-hydrogen) atoms. The van der Waals surface area contributed by atoms with Gasteiger partial charge in [-0.05, 0) is 30.2 Å². The van der Waals surface area contributed by atoms with Gasteiger partial charge in [-0.1, -0.05) is 41.6 Å². The lowest BCUT2D eigenvalue weighted by Crippen LogP contribution is -2.08. The first-order valence-corrected chi connectivity index (χ1v) is 8.51. The minimum Gasteiger partial charge on any atom is -0.503 e. The number of nitrogens with zero attached hydrogens (tertiary/aromatic N) is 1. The van der Waals surface area contributed by atoms with Gasteiger partial charge < -0.3 is 14.3 Å². The second kappa shape index (κ2) is 9.77. The standard InChI is InChI=1S/C21H20F3NO4/c1-14(15-8-6-9-17(11-15)21(22,23)24)25-29-12-16-7-4-5-10-18(16)19(13-27-2)20(26)28-3/h4-11,13H,12H2,1-3H3/b19-13+,25-14+. The zero-order chi connectivity index (χ0) is 21.4. The lowest BCUT2D eigenvalue weighted by atomic mass is 10.0. The van der Waals surface area contributed by atoms with E-state index in [2.05, 4.69) is 5.16 Å². The van der Waals surface area contributed by atoms with Gasteiger partial charge in [-0.2, -0.15) is 13.2 Å². The highest BCUT2D eigenvalue weighted by atomic mass is 19.4. The Labute approximate surface area is 166 Å². The van der Waals surface area contributed by atoms with Gasteiger partial charge in [0.25, 0.3) is 0 Å². The lowest BCUT2D eigenvalue weighted by molar-refractivity contribution is -0.137. The van der Waals surface area contributed by atoms with Crippen molar-refractivity contribution in [2.45, 2.75) is 19.7 Å². The molecule has 0 aromatic heterocycles. The Hall–Kier alpha value is -3.29. The maximum absolute atomic E-state index is 12.9. The Balaban J connectivity index is 2.21. The molecule has 0 radical (unpaired) electrons. The van der Waals surface area contributed by atoms with E-state index in [9.17, 15) is 18.0 Å². The highest BCUT2D eigenvalue weighted by Crippen LogP contribution is 2.29. The van der Waals surface area contributed by atoms with Gasteiger partial charge in [0.1, 0.15) is 12.2 Å². The third-order valence-corrected chi connectivity index (χ3v) is 3.98. The van der Waals surface area contributed by atoms with E-state index >= 15 is 0 Å². The Kier molecular flexibility index (Phi) is 7.41. The number of oxime groups is 1. The molecule has 0 heterocycles. The summed E-state index contributed by atoms with van der Waals surface area (Å²) in [6, 6.07) is 11.8. The lowest BCUT2D eigenvalue weighted by Gasteiger charge is -2.11. The molecule has 8 heteroatoms. The average Bonchev–Trinajstić information content (AvgIpc) is 2.71. The van der Waals surface area contributed by atoms with Crippen molar-refractivity contribution < 1.29 is 32.3 Å². The number of ether oxygens (including phenoxy) is 2. The largest absolute Gasteiger partial charge is 0.503 e. The van der Waals surface area contributed by atoms with Crippen molar-refractivity contribution in [3.05, 3.63) is 77.0 Å². The number of hydrogen-bond donors (Lipinski definition) is 0. The van der Waals surface area contributed by atoms with Gasteiger partial charge in [-0.3, -0.25) is 0 Å². The van der Waals surface area contributed by atoms with Crippen LogP contribution >= 0.6 is 0 Å². The SMILES string of the molecule is CO/C=C(/C(=O)OC)c1ccccc1CO/N=C(\C)c1cccc(C(F)(F)F)c1. The molecule has 0 unspecified atom stereocenters. The average molecular weight is 407 g/mol. The minimum absolute atomic E-state index is 0.00940. The van der Waals surface area contributed by atoms with Gasteiger partial charge in [-0.15, -0.1) is 0 Å². The number of benzene rings is 2. The number of rotatable bonds is 7. The van der Waals surface area contributed by atoms with Crippen molar-refractivity contribution in [3.63, 3.8) is 0 Å². The third-order valence-electron chi connectivity index (χ3n) is 3.98. The number of hydrogen-bond acceptors (Lipinski definition) is 5. The van der Waals surface area contributed by atoms with Gasteiger partial charge >= 0.3 is 12.1 Å². The Bertz CT molecular complexity index is 920. The van der Waals surface area contributed by atoms with Gasteiger partial charge in [0.05, 0.1) is 31.8 Å². The van der Waals surface area contributed by atoms with Crippen LogP contribution in [0.3, 0.4) is 0 Å². The topological polar surface area (TPSA) is 57.1 Å². The smallest absolute Gasteiger partial charge is 0.416 e. The van der Waals surface area contributed by atoms with Crippen LogP contribution in [-0.2, 0) is 31.9 Å². The van der Waals surface area contributed by atoms with Crippen LogP contribution in [0.2, 0.25) is 0 Å². The van der Waals surface area contributed by atoms with Crippen LogP contribution in [0.1, 0.15) is 29.2 Å². The van der Waals surface area contributed by atoms with Crippen LogP contribution in [0.4, 0.5) is 13.2 Å². The van der Waals surface area contributed by atoms with Gasteiger partial charge in [-0.25, -0.2) is 4.79 Å². The van der Waals surface area contributed by atoms with Crippen molar-refractivity contribution in [1.29, 1.82) is 0 Å². The fourth-order valence-corrected chi connectivity index (χ4v) is 2.53. The van der Waals surface area contributed by atoms with E-state index in [4.69, 9.17) is 14.3 Å². The number of carbonyl (C=O) groups is 1. The summed E-state index contributed by atoms with van der Waals surface area (Å²) in [7, 11) is 2.67. The van der Waals surface area contributed by atoms with E-state index in [-0.39, 0.29) is 17.9 Å². The molecular formula is C21H20F3NO4. The van der Waals surface area contributed by atoms with Crippen LogP contribution in [0.25, 0.3) is 5.57 Å². The predicted octanol–water partition coefficient (Wildman–Crippen LogP) is 4.81. The highest BCUT2D eigenvalue weighted by molar-refractivity contribution is 6.16. The molecule has 0 aliphatic heterocycles. The second-order valence-corrected chi connectivity index (χ2v) is 5.94. The molecule has 0 saturated heterocycles. The monoisotopic (exact) mass is 407 g/mol. The summed E-state index contributed by atoms with van der Waals surface area (Å²) in [4.78, 5) is 17.3. The van der Waals surface area contributed by atoms with Crippen molar-refractivity contribution in [1.82, 2.24) is 0 Å². The summed E-state index contributed by atoms with van der Waals surface area (Å²) in [5.41, 5.74) is 1.18. The number of esters is 1. The summed E-state index contributed by atoms with van der Waals surface area (Å²) >= 11 is 0. The van der Waals surface area contributed by atoms with Crippen LogP contribution in [0, 0.1) is 0 Å². The molecule has 0 saturated carbocycles. The maximum atomic E-state index is 12.9. The quantitative estimate of drug-likeness (QED) is 0.217. The molecule has 2 rings (SSSR count). The molecule has 154 valence electrons. The molecule has 0 N–H and O–H groups in total. The summed E-state index contributed by atoms with van der Waals surface area (Å²) in [5.74, 6) is -0.581. The Morgan fingerprint density at radius 3 is 2.48 bits per heavy atom. The number of carbonyl (C=O) groups excluding carboxylic acids is 1. The van der Waals surface area contributed by atoms with E-state index in [1.807, 2.05) is 0 Å². The molecular weight excluding hydrogens is 387 g/mol. The maximum Gasteiger partial charge on any atom is 0.416 e. The molecule has 0 atom stereocenters. The highest BCUT2D eigenvalue weighted by Gasteiger charge is 2.30. The van der Waals surface area contributed by atoms with E-state index in [1.54, 1.807) is 31.2 Å². The van der Waals surface area contributed by atoms with Crippen molar-refractivity contribution in [3.8, 4) is 0 Å². The molecule has 0 amide bonds. The normalized spacial score (nSPS) is 12.5. The summed E-state index contributed by atoms with van der Waals surface area (Å²) < 4.78 is 48.3. The van der Waals surface area contributed by atoms with Gasteiger partial charge in [0.15, 0.2) is 0 Å². The fourth-order valence-electron chi connectivity index (χ4n) is 2.53.